The van der Waals surface area contributed by atoms with Crippen LogP contribution in [0.25, 0.3) is 27.7 Å². The Morgan fingerprint density at radius 2 is 1.84 bits per heavy atom. The lowest BCUT2D eigenvalue weighted by Crippen LogP contribution is -2.34. The van der Waals surface area contributed by atoms with Crippen LogP contribution < -0.4 is 20.3 Å². The quantitative estimate of drug-likeness (QED) is 0.339. The maximum atomic E-state index is 13.1. The van der Waals surface area contributed by atoms with Crippen molar-refractivity contribution in [3.05, 3.63) is 98.9 Å². The van der Waals surface area contributed by atoms with Crippen LogP contribution in [-0.2, 0) is 10.0 Å². The average molecular weight is 569 g/mol. The Morgan fingerprint density at radius 1 is 1.03 bits per heavy atom. The van der Waals surface area contributed by atoms with Crippen LogP contribution in [0.2, 0.25) is 10.0 Å². The van der Waals surface area contributed by atoms with Gasteiger partial charge in [-0.25, -0.2) is 8.42 Å². The molecule has 0 saturated carbocycles. The predicted octanol–water partition coefficient (Wildman–Crippen LogP) is 5.03. The lowest BCUT2D eigenvalue weighted by atomic mass is 10.0. The topological polar surface area (TPSA) is 102 Å². The Hall–Kier alpha value is -3.63. The van der Waals surface area contributed by atoms with Gasteiger partial charge in [0.2, 0.25) is 10.0 Å². The van der Waals surface area contributed by atoms with Crippen LogP contribution in [0, 0.1) is 6.92 Å². The summed E-state index contributed by atoms with van der Waals surface area (Å²) in [5.74, 6) is 0.417. The fourth-order valence-electron chi connectivity index (χ4n) is 4.21. The molecule has 38 heavy (non-hydrogen) atoms. The third kappa shape index (κ3) is 4.93. The first-order valence-corrected chi connectivity index (χ1v) is 13.7. The SMILES string of the molecule is COc1cc(-c2ccc(Cl)c(C)c2)c(Cl)cc1-n1c(=O)ccc2cc(S(=O)(=O)NC3C=CNC=N3)ccc21. The minimum absolute atomic E-state index is 0.0378. The van der Waals surface area contributed by atoms with Gasteiger partial charge in [0.15, 0.2) is 0 Å². The maximum absolute atomic E-state index is 13.1. The minimum Gasteiger partial charge on any atom is -0.495 e. The molecule has 0 radical (unpaired) electrons. The zero-order valence-corrected chi connectivity index (χ0v) is 22.6. The van der Waals surface area contributed by atoms with Gasteiger partial charge in [0.1, 0.15) is 11.9 Å². The van der Waals surface area contributed by atoms with E-state index in [1.165, 1.54) is 36.2 Å². The van der Waals surface area contributed by atoms with Crippen LogP contribution in [0.5, 0.6) is 5.75 Å². The van der Waals surface area contributed by atoms with Crippen molar-refractivity contribution in [2.45, 2.75) is 18.0 Å². The van der Waals surface area contributed by atoms with Crippen molar-refractivity contribution >= 4 is 50.5 Å². The van der Waals surface area contributed by atoms with Crippen LogP contribution in [0.1, 0.15) is 5.56 Å². The molecule has 0 aliphatic carbocycles. The number of fused-ring (bicyclic) bond motifs is 1. The smallest absolute Gasteiger partial charge is 0.255 e. The third-order valence-corrected chi connectivity index (χ3v) is 8.28. The molecule has 1 atom stereocenters. The Morgan fingerprint density at radius 3 is 2.55 bits per heavy atom. The van der Waals surface area contributed by atoms with Crippen molar-refractivity contribution in [1.82, 2.24) is 14.6 Å². The highest BCUT2D eigenvalue weighted by atomic mass is 35.5. The zero-order valence-electron chi connectivity index (χ0n) is 20.3. The molecule has 4 aromatic rings. The fourth-order valence-corrected chi connectivity index (χ4v) is 5.72. The largest absolute Gasteiger partial charge is 0.495 e. The highest BCUT2D eigenvalue weighted by molar-refractivity contribution is 7.89. The lowest BCUT2D eigenvalue weighted by molar-refractivity contribution is 0.413. The van der Waals surface area contributed by atoms with E-state index in [1.807, 2.05) is 19.1 Å². The van der Waals surface area contributed by atoms with Gasteiger partial charge in [0.05, 0.1) is 34.6 Å². The normalized spacial score (nSPS) is 15.0. The second kappa shape index (κ2) is 10.3. The van der Waals surface area contributed by atoms with Crippen molar-refractivity contribution in [3.63, 3.8) is 0 Å². The number of aromatic nitrogens is 1. The van der Waals surface area contributed by atoms with E-state index in [0.29, 0.717) is 32.4 Å². The van der Waals surface area contributed by atoms with E-state index in [1.54, 1.807) is 42.6 Å². The molecular formula is C27H22Cl2N4O4S. The first-order chi connectivity index (χ1) is 18.2. The van der Waals surface area contributed by atoms with E-state index in [-0.39, 0.29) is 10.5 Å². The van der Waals surface area contributed by atoms with Gasteiger partial charge in [0.25, 0.3) is 5.56 Å². The molecule has 1 unspecified atom stereocenters. The summed E-state index contributed by atoms with van der Waals surface area (Å²) in [6.45, 7) is 1.90. The van der Waals surface area contributed by atoms with Crippen LogP contribution in [0.3, 0.4) is 0 Å². The van der Waals surface area contributed by atoms with Gasteiger partial charge in [-0.15, -0.1) is 0 Å². The molecule has 0 amide bonds. The molecule has 8 nitrogen and oxygen atoms in total. The monoisotopic (exact) mass is 568 g/mol. The molecule has 0 spiro atoms. The standard InChI is InChI=1S/C27H22Cl2N4O4S/c1-16-11-17(3-6-21(16)28)20-13-25(37-2)24(14-22(20)29)33-23-7-5-19(12-18(23)4-8-27(33)34)38(35,36)32-26-9-10-30-15-31-26/h3-15,26,32H,1-2H3,(H,30,31). The van der Waals surface area contributed by atoms with Crippen LogP contribution in [0.4, 0.5) is 0 Å². The molecule has 11 heteroatoms. The number of halogens is 2. The molecule has 1 aliphatic heterocycles. The number of nitrogens with zero attached hydrogens (tertiary/aromatic N) is 2. The van der Waals surface area contributed by atoms with Gasteiger partial charge in [-0.3, -0.25) is 14.4 Å². The van der Waals surface area contributed by atoms with Gasteiger partial charge in [-0.2, -0.15) is 4.72 Å². The number of benzene rings is 3. The number of aryl methyl sites for hydroxylation is 1. The Kier molecular flexibility index (Phi) is 7.02. The zero-order chi connectivity index (χ0) is 27.0. The molecule has 1 aromatic heterocycles. The minimum atomic E-state index is -3.89. The van der Waals surface area contributed by atoms with Gasteiger partial charge in [-0.05, 0) is 72.7 Å². The highest BCUT2D eigenvalue weighted by Crippen LogP contribution is 2.37. The second-order valence-electron chi connectivity index (χ2n) is 8.57. The Balaban J connectivity index is 1.61. The lowest BCUT2D eigenvalue weighted by Gasteiger charge is -2.18. The number of sulfonamides is 1. The number of aliphatic imine (C=N–C) groups is 1. The second-order valence-corrected chi connectivity index (χ2v) is 11.1. The molecule has 0 bridgehead atoms. The molecule has 2 heterocycles. The summed E-state index contributed by atoms with van der Waals surface area (Å²) in [6, 6.07) is 16.5. The van der Waals surface area contributed by atoms with Crippen molar-refractivity contribution < 1.29 is 13.2 Å². The van der Waals surface area contributed by atoms with Crippen LogP contribution >= 0.6 is 23.2 Å². The number of hydrogen-bond donors (Lipinski definition) is 2. The Labute approximate surface area is 229 Å². The Bertz CT molecular complexity index is 1790. The molecule has 194 valence electrons. The summed E-state index contributed by atoms with van der Waals surface area (Å²) in [6.07, 6.45) is 3.86. The van der Waals surface area contributed by atoms with Crippen molar-refractivity contribution in [1.29, 1.82) is 0 Å². The number of pyridine rings is 1. The van der Waals surface area contributed by atoms with E-state index in [4.69, 9.17) is 27.9 Å². The molecule has 5 rings (SSSR count). The van der Waals surface area contributed by atoms with E-state index in [2.05, 4.69) is 15.0 Å². The average Bonchev–Trinajstić information content (AvgIpc) is 2.90. The van der Waals surface area contributed by atoms with Gasteiger partial charge >= 0.3 is 0 Å². The predicted molar refractivity (Wildman–Crippen MR) is 151 cm³/mol. The van der Waals surface area contributed by atoms with Gasteiger partial charge in [-0.1, -0.05) is 29.3 Å². The first kappa shape index (κ1) is 26.0. The highest BCUT2D eigenvalue weighted by Gasteiger charge is 2.21. The number of hydrogen-bond acceptors (Lipinski definition) is 6. The van der Waals surface area contributed by atoms with Crippen molar-refractivity contribution in [3.8, 4) is 22.6 Å². The molecule has 0 saturated heterocycles. The first-order valence-electron chi connectivity index (χ1n) is 11.4. The summed E-state index contributed by atoms with van der Waals surface area (Å²) in [5.41, 5.74) is 3.05. The fraction of sp³-hybridized carbons (Fsp3) is 0.111. The summed E-state index contributed by atoms with van der Waals surface area (Å²) >= 11 is 12.9. The summed E-state index contributed by atoms with van der Waals surface area (Å²) in [5, 5.41) is 4.35. The molecular weight excluding hydrogens is 547 g/mol. The number of rotatable bonds is 6. The van der Waals surface area contributed by atoms with E-state index >= 15 is 0 Å². The maximum Gasteiger partial charge on any atom is 0.255 e. The summed E-state index contributed by atoms with van der Waals surface area (Å²) in [7, 11) is -2.38. The number of methoxy groups -OCH3 is 1. The van der Waals surface area contributed by atoms with Crippen LogP contribution in [-0.4, -0.2) is 32.6 Å². The van der Waals surface area contributed by atoms with E-state index in [9.17, 15) is 13.2 Å². The molecule has 3 aromatic carbocycles. The third-order valence-electron chi connectivity index (χ3n) is 6.11. The molecule has 1 aliphatic rings. The van der Waals surface area contributed by atoms with Gasteiger partial charge < -0.3 is 10.1 Å². The van der Waals surface area contributed by atoms with Crippen LogP contribution in [0.15, 0.2) is 87.6 Å². The number of nitrogens with one attached hydrogen (secondary N) is 2. The van der Waals surface area contributed by atoms with E-state index < -0.39 is 16.2 Å². The molecule has 0 fully saturated rings. The number of ether oxygens (including phenoxy) is 1. The summed E-state index contributed by atoms with van der Waals surface area (Å²) < 4.78 is 35.6. The van der Waals surface area contributed by atoms with Gasteiger partial charge in [0, 0.05) is 28.2 Å². The van der Waals surface area contributed by atoms with Crippen molar-refractivity contribution in [2.75, 3.05) is 7.11 Å². The summed E-state index contributed by atoms with van der Waals surface area (Å²) in [4.78, 5) is 17.2. The molecule has 2 N–H and O–H groups in total. The van der Waals surface area contributed by atoms with E-state index in [0.717, 1.165) is 16.7 Å². The van der Waals surface area contributed by atoms with Crippen molar-refractivity contribution in [2.24, 2.45) is 4.99 Å².